The zero-order valence-corrected chi connectivity index (χ0v) is 14.4. The van der Waals surface area contributed by atoms with Gasteiger partial charge in [0.15, 0.2) is 0 Å². The summed E-state index contributed by atoms with van der Waals surface area (Å²) in [6, 6.07) is 16.8. The molecule has 17 heavy (non-hydrogen) atoms. The van der Waals surface area contributed by atoms with E-state index in [-0.39, 0.29) is 35.3 Å². The van der Waals surface area contributed by atoms with Crippen molar-refractivity contribution >= 4 is 26.5 Å². The van der Waals surface area contributed by atoms with E-state index in [1.54, 1.807) is 10.6 Å². The molecule has 2 rings (SSSR count). The molecular formula is C14H20P2Ru-6. The fourth-order valence-electron chi connectivity index (χ4n) is 1.48. The van der Waals surface area contributed by atoms with Gasteiger partial charge >= 0.3 is 0 Å². The summed E-state index contributed by atoms with van der Waals surface area (Å²) in [5.74, 6) is 0. The fraction of sp³-hybridized carbons (Fsp3) is 0.286. The molecule has 0 aliphatic carbocycles. The van der Waals surface area contributed by atoms with E-state index in [4.69, 9.17) is 0 Å². The van der Waals surface area contributed by atoms with Crippen LogP contribution in [0.25, 0.3) is 0 Å². The van der Waals surface area contributed by atoms with Crippen LogP contribution >= 0.6 is 15.8 Å². The average Bonchev–Trinajstić information content (AvgIpc) is 2.92. The Bertz CT molecular complexity index is 335. The minimum absolute atomic E-state index is 0. The molecular weight excluding hydrogens is 331 g/mol. The third kappa shape index (κ3) is 6.06. The zero-order valence-electron chi connectivity index (χ0n) is 10.9. The summed E-state index contributed by atoms with van der Waals surface area (Å²) < 4.78 is 0. The van der Waals surface area contributed by atoms with Crippen LogP contribution in [0.4, 0.5) is 0 Å². The van der Waals surface area contributed by atoms with E-state index >= 15 is 0 Å². The Morgan fingerprint density at radius 1 is 0.941 bits per heavy atom. The molecule has 0 saturated heterocycles. The molecule has 2 aromatic rings. The van der Waals surface area contributed by atoms with Crippen molar-refractivity contribution in [3.8, 4) is 0 Å². The van der Waals surface area contributed by atoms with Crippen molar-refractivity contribution in [3.05, 3.63) is 48.5 Å². The van der Waals surface area contributed by atoms with E-state index in [1.807, 2.05) is 30.3 Å². The summed E-state index contributed by atoms with van der Waals surface area (Å²) >= 11 is 0. The summed E-state index contributed by atoms with van der Waals surface area (Å²) in [6.07, 6.45) is 0. The van der Waals surface area contributed by atoms with Crippen molar-refractivity contribution in [3.63, 3.8) is 0 Å². The Labute approximate surface area is 121 Å². The van der Waals surface area contributed by atoms with Crippen LogP contribution in [0.1, 0.15) is 0 Å². The molecule has 0 amide bonds. The van der Waals surface area contributed by atoms with E-state index in [0.717, 1.165) is 0 Å². The molecule has 0 unspecified atom stereocenters. The van der Waals surface area contributed by atoms with E-state index in [1.165, 1.54) is 0 Å². The van der Waals surface area contributed by atoms with Gasteiger partial charge in [0.25, 0.3) is 0 Å². The van der Waals surface area contributed by atoms with Gasteiger partial charge in [-0.25, -0.2) is 12.1 Å². The Kier molecular flexibility index (Phi) is 9.26. The molecule has 0 fully saturated rings. The van der Waals surface area contributed by atoms with Crippen molar-refractivity contribution in [1.29, 1.82) is 0 Å². The summed E-state index contributed by atoms with van der Waals surface area (Å²) in [4.78, 5) is 0. The van der Waals surface area contributed by atoms with Crippen molar-refractivity contribution in [2.75, 3.05) is 26.7 Å². The molecule has 0 heterocycles. The molecule has 0 radical (unpaired) electrons. The second-order valence-electron chi connectivity index (χ2n) is 4.05. The van der Waals surface area contributed by atoms with Crippen molar-refractivity contribution < 1.29 is 19.5 Å². The quantitative estimate of drug-likeness (QED) is 0.441. The van der Waals surface area contributed by atoms with Crippen LogP contribution < -0.4 is 10.6 Å². The van der Waals surface area contributed by atoms with E-state index in [2.05, 4.69) is 44.9 Å². The predicted molar refractivity (Wildman–Crippen MR) is 80.9 cm³/mol. The molecule has 0 bridgehead atoms. The zero-order chi connectivity index (χ0) is 12.0. The number of hydrogen-bond acceptors (Lipinski definition) is 0. The van der Waals surface area contributed by atoms with Crippen molar-refractivity contribution in [2.45, 2.75) is 0 Å². The first-order valence-electron chi connectivity index (χ1n) is 5.40. The van der Waals surface area contributed by atoms with E-state index < -0.39 is 0 Å². The van der Waals surface area contributed by atoms with Crippen molar-refractivity contribution in [1.82, 2.24) is 0 Å². The Morgan fingerprint density at radius 3 is 1.71 bits per heavy atom. The Hall–Kier alpha value is 0.183. The molecule has 0 aliphatic rings. The molecule has 2 aromatic carbocycles. The Balaban J connectivity index is 0.000000360. The minimum Gasteiger partial charge on any atom is -0.748 e. The van der Waals surface area contributed by atoms with Crippen molar-refractivity contribution in [2.24, 2.45) is 0 Å². The second kappa shape index (κ2) is 9.16. The van der Waals surface area contributed by atoms with Crippen LogP contribution in [0.3, 0.4) is 0 Å². The Morgan fingerprint density at radius 2 is 1.41 bits per heavy atom. The molecule has 0 atom stereocenters. The first kappa shape index (κ1) is 17.2. The maximum atomic E-state index is 2.33. The van der Waals surface area contributed by atoms with Gasteiger partial charge in [0.1, 0.15) is 0 Å². The van der Waals surface area contributed by atoms with Gasteiger partial charge in [-0.3, -0.25) is 0 Å². The summed E-state index contributed by atoms with van der Waals surface area (Å²) in [7, 11) is 0.209. The third-order valence-electron chi connectivity index (χ3n) is 2.29. The number of rotatable bonds is 2. The first-order chi connectivity index (χ1) is 7.63. The SMILES string of the molecule is CP(C)c1ccc[c-]1P(C)C.[Ru].[cH-]1[cH-][cH-][cH-][cH-]1. The minimum atomic E-state index is 0. The molecule has 3 heteroatoms. The molecule has 0 aromatic heterocycles. The van der Waals surface area contributed by atoms with Gasteiger partial charge in [0.2, 0.25) is 0 Å². The van der Waals surface area contributed by atoms with Crippen LogP contribution in [0.15, 0.2) is 48.5 Å². The maximum Gasteiger partial charge on any atom is 0 e. The average molecular weight is 351 g/mol. The van der Waals surface area contributed by atoms with Crippen LogP contribution in [-0.2, 0) is 19.5 Å². The summed E-state index contributed by atoms with van der Waals surface area (Å²) in [5.41, 5.74) is 0. The van der Waals surface area contributed by atoms with Crippen LogP contribution in [-0.4, -0.2) is 26.7 Å². The van der Waals surface area contributed by atoms with Gasteiger partial charge in [-0.2, -0.15) is 6.07 Å². The van der Waals surface area contributed by atoms with Crippen LogP contribution in [0.5, 0.6) is 0 Å². The van der Waals surface area contributed by atoms with Gasteiger partial charge in [-0.15, -0.1) is 26.5 Å². The number of hydrogen-bond donors (Lipinski definition) is 0. The van der Waals surface area contributed by atoms with Gasteiger partial charge < -0.3 is 30.3 Å². The van der Waals surface area contributed by atoms with Gasteiger partial charge in [-0.1, -0.05) is 13.3 Å². The van der Waals surface area contributed by atoms with E-state index in [9.17, 15) is 0 Å². The molecule has 0 nitrogen and oxygen atoms in total. The summed E-state index contributed by atoms with van der Waals surface area (Å²) in [6.45, 7) is 9.31. The smallest absolute Gasteiger partial charge is 0 e. The first-order valence-corrected chi connectivity index (χ1v) is 9.87. The topological polar surface area (TPSA) is 0 Å². The van der Waals surface area contributed by atoms with Gasteiger partial charge in [-0.05, 0) is 13.3 Å². The predicted octanol–water partition coefficient (Wildman–Crippen LogP) is 3.54. The maximum absolute atomic E-state index is 2.33. The van der Waals surface area contributed by atoms with E-state index in [0.29, 0.717) is 0 Å². The molecule has 100 valence electrons. The molecule has 0 saturated carbocycles. The van der Waals surface area contributed by atoms with Crippen LogP contribution in [0.2, 0.25) is 0 Å². The molecule has 0 N–H and O–H groups in total. The van der Waals surface area contributed by atoms with Gasteiger partial charge in [0, 0.05) is 19.5 Å². The monoisotopic (exact) mass is 352 g/mol. The standard InChI is InChI=1S/C9H15P2.C5H5.Ru/c1-10(2)8-6-5-7-9(8)11(3)4;1-2-4-5-3-1;/h5-7H,1-4H3;1-5H;/q-1;-5;. The normalized spacial score (nSPS) is 9.76. The fourth-order valence-corrected chi connectivity index (χ4v) is 4.51. The second-order valence-corrected chi connectivity index (χ2v) is 8.59. The third-order valence-corrected chi connectivity index (χ3v) is 5.17. The molecule has 0 spiro atoms. The van der Waals surface area contributed by atoms with Gasteiger partial charge in [0.05, 0.1) is 0 Å². The van der Waals surface area contributed by atoms with Crippen LogP contribution in [0, 0.1) is 0 Å². The largest absolute Gasteiger partial charge is 0.748 e. The molecule has 0 aliphatic heterocycles. The summed E-state index contributed by atoms with van der Waals surface area (Å²) in [5, 5.41) is 3.22.